The van der Waals surface area contributed by atoms with Gasteiger partial charge in [0.1, 0.15) is 0 Å². The Kier molecular flexibility index (Phi) is 3.70. The molecule has 0 spiro atoms. The Balaban J connectivity index is 2.18. The van der Waals surface area contributed by atoms with Crippen molar-refractivity contribution in [2.75, 3.05) is 0 Å². The molecule has 100 valence electrons. The summed E-state index contributed by atoms with van der Waals surface area (Å²) in [6.45, 7) is 0. The van der Waals surface area contributed by atoms with Crippen molar-refractivity contribution in [3.8, 4) is 0 Å². The van der Waals surface area contributed by atoms with Crippen molar-refractivity contribution in [2.45, 2.75) is 6.04 Å². The Bertz CT molecular complexity index is 619. The van der Waals surface area contributed by atoms with E-state index in [-0.39, 0.29) is 5.76 Å². The number of rotatable bonds is 4. The lowest BCUT2D eigenvalue weighted by atomic mass is 10.1. The van der Waals surface area contributed by atoms with Crippen LogP contribution in [0.4, 0.5) is 0 Å². The molecule has 0 aliphatic carbocycles. The van der Waals surface area contributed by atoms with Crippen LogP contribution in [0.2, 0.25) is 0 Å². The van der Waals surface area contributed by atoms with Crippen LogP contribution in [0.15, 0.2) is 33.6 Å². The summed E-state index contributed by atoms with van der Waals surface area (Å²) in [5.41, 5.74) is 0.383. The second-order valence-corrected chi connectivity index (χ2v) is 4.58. The highest BCUT2D eigenvalue weighted by Crippen LogP contribution is 2.16. The fraction of sp³-hybridized carbons (Fsp3) is 0.182. The number of nitrogens with one attached hydrogen (secondary N) is 1. The molecule has 2 aromatic rings. The summed E-state index contributed by atoms with van der Waals surface area (Å²) in [6, 6.07) is 1.82. The van der Waals surface area contributed by atoms with E-state index in [0.29, 0.717) is 10.2 Å². The summed E-state index contributed by atoms with van der Waals surface area (Å²) >= 11 is 3.07. The van der Waals surface area contributed by atoms with Crippen LogP contribution in [0.5, 0.6) is 0 Å². The number of hydrogen-bond donors (Lipinski definition) is 2. The van der Waals surface area contributed by atoms with Crippen LogP contribution in [0.25, 0.3) is 0 Å². The van der Waals surface area contributed by atoms with Crippen LogP contribution in [0, 0.1) is 0 Å². The number of hydrogen-bond acceptors (Lipinski definition) is 4. The molecule has 2 rings (SSSR count). The first kappa shape index (κ1) is 13.3. The molecule has 2 aromatic heterocycles. The Labute approximate surface area is 116 Å². The molecule has 7 nitrogen and oxygen atoms in total. The number of furan rings is 1. The van der Waals surface area contributed by atoms with Gasteiger partial charge in [-0.2, -0.15) is 5.10 Å². The molecule has 1 atom stereocenters. The molecule has 0 fully saturated rings. The molecule has 1 unspecified atom stereocenters. The normalized spacial score (nSPS) is 12.1. The minimum Gasteiger partial charge on any atom is -0.479 e. The predicted octanol–water partition coefficient (Wildman–Crippen LogP) is 1.33. The predicted molar refractivity (Wildman–Crippen MR) is 67.5 cm³/mol. The molecule has 0 aliphatic heterocycles. The molecular formula is C11H10BrN3O4. The molecule has 0 saturated heterocycles. The highest BCUT2D eigenvalue weighted by Gasteiger charge is 2.25. The first-order chi connectivity index (χ1) is 8.97. The fourth-order valence-electron chi connectivity index (χ4n) is 1.52. The number of amides is 1. The molecule has 19 heavy (non-hydrogen) atoms. The third-order valence-electron chi connectivity index (χ3n) is 2.38. The van der Waals surface area contributed by atoms with Crippen LogP contribution >= 0.6 is 15.9 Å². The summed E-state index contributed by atoms with van der Waals surface area (Å²) in [4.78, 5) is 23.0. The lowest BCUT2D eigenvalue weighted by molar-refractivity contribution is -0.139. The molecule has 0 radical (unpaired) electrons. The number of aryl methyl sites for hydroxylation is 1. The maximum atomic E-state index is 11.8. The molecule has 2 N–H and O–H groups in total. The van der Waals surface area contributed by atoms with Gasteiger partial charge in [0, 0.05) is 18.8 Å². The van der Waals surface area contributed by atoms with Crippen molar-refractivity contribution in [3.63, 3.8) is 0 Å². The summed E-state index contributed by atoms with van der Waals surface area (Å²) < 4.78 is 6.91. The Morgan fingerprint density at radius 3 is 2.74 bits per heavy atom. The largest absolute Gasteiger partial charge is 0.479 e. The van der Waals surface area contributed by atoms with E-state index in [1.807, 2.05) is 0 Å². The van der Waals surface area contributed by atoms with Gasteiger partial charge in [0.2, 0.25) is 0 Å². The fourth-order valence-corrected chi connectivity index (χ4v) is 1.82. The third kappa shape index (κ3) is 3.02. The van der Waals surface area contributed by atoms with Crippen LogP contribution in [-0.4, -0.2) is 26.8 Å². The monoisotopic (exact) mass is 327 g/mol. The van der Waals surface area contributed by atoms with Crippen molar-refractivity contribution in [3.05, 3.63) is 40.5 Å². The van der Waals surface area contributed by atoms with E-state index in [0.717, 1.165) is 0 Å². The molecular weight excluding hydrogens is 318 g/mol. The van der Waals surface area contributed by atoms with Gasteiger partial charge < -0.3 is 14.8 Å². The number of carbonyl (C=O) groups is 2. The van der Waals surface area contributed by atoms with E-state index in [9.17, 15) is 9.59 Å². The van der Waals surface area contributed by atoms with Crippen molar-refractivity contribution in [2.24, 2.45) is 7.05 Å². The average Bonchev–Trinajstić information content (AvgIpc) is 2.94. The maximum Gasteiger partial charge on any atom is 0.331 e. The van der Waals surface area contributed by atoms with Gasteiger partial charge in [0.15, 0.2) is 16.5 Å². The van der Waals surface area contributed by atoms with Gasteiger partial charge in [-0.05, 0) is 28.1 Å². The van der Waals surface area contributed by atoms with Crippen LogP contribution in [-0.2, 0) is 11.8 Å². The van der Waals surface area contributed by atoms with Gasteiger partial charge >= 0.3 is 5.97 Å². The second-order valence-electron chi connectivity index (χ2n) is 3.80. The van der Waals surface area contributed by atoms with E-state index >= 15 is 0 Å². The Hall–Kier alpha value is -2.09. The van der Waals surface area contributed by atoms with Gasteiger partial charge in [-0.3, -0.25) is 9.48 Å². The maximum absolute atomic E-state index is 11.8. The number of halogens is 1. The number of aliphatic carboxylic acids is 1. The Morgan fingerprint density at radius 2 is 2.26 bits per heavy atom. The topological polar surface area (TPSA) is 97.4 Å². The lowest BCUT2D eigenvalue weighted by Crippen LogP contribution is -2.33. The summed E-state index contributed by atoms with van der Waals surface area (Å²) in [7, 11) is 1.66. The molecule has 1 amide bonds. The average molecular weight is 328 g/mol. The van der Waals surface area contributed by atoms with Crippen molar-refractivity contribution < 1.29 is 19.1 Å². The first-order valence-corrected chi connectivity index (χ1v) is 6.04. The Morgan fingerprint density at radius 1 is 1.53 bits per heavy atom. The van der Waals surface area contributed by atoms with Crippen LogP contribution < -0.4 is 5.32 Å². The van der Waals surface area contributed by atoms with E-state index in [4.69, 9.17) is 9.52 Å². The van der Waals surface area contributed by atoms with Gasteiger partial charge in [-0.25, -0.2) is 4.79 Å². The zero-order chi connectivity index (χ0) is 14.0. The van der Waals surface area contributed by atoms with Gasteiger partial charge in [0.25, 0.3) is 5.91 Å². The van der Waals surface area contributed by atoms with E-state index in [1.54, 1.807) is 13.1 Å². The molecule has 2 heterocycles. The van der Waals surface area contributed by atoms with Gasteiger partial charge in [-0.15, -0.1) is 0 Å². The highest BCUT2D eigenvalue weighted by molar-refractivity contribution is 9.10. The standard InChI is InChI=1S/C11H10BrN3O4/c1-15-5-6(4-13-15)9(11(17)18)14-10(16)7-2-3-8(12)19-7/h2-5,9H,1H3,(H,14,16)(H,17,18). The number of carboxylic acid groups (broad SMARTS) is 1. The van der Waals surface area contributed by atoms with Crippen molar-refractivity contribution in [1.82, 2.24) is 15.1 Å². The molecule has 0 saturated carbocycles. The minimum absolute atomic E-state index is 0.0296. The molecule has 0 aliphatic rings. The molecule has 0 bridgehead atoms. The highest BCUT2D eigenvalue weighted by atomic mass is 79.9. The van der Waals surface area contributed by atoms with E-state index in [2.05, 4.69) is 26.3 Å². The van der Waals surface area contributed by atoms with Gasteiger partial charge in [-0.1, -0.05) is 0 Å². The number of aromatic nitrogens is 2. The summed E-state index contributed by atoms with van der Waals surface area (Å²) in [6.07, 6.45) is 2.91. The SMILES string of the molecule is Cn1cc(C(NC(=O)c2ccc(Br)o2)C(=O)O)cn1. The molecule has 0 aromatic carbocycles. The van der Waals surface area contributed by atoms with E-state index in [1.165, 1.54) is 23.1 Å². The van der Waals surface area contributed by atoms with Crippen LogP contribution in [0.1, 0.15) is 22.2 Å². The van der Waals surface area contributed by atoms with Crippen molar-refractivity contribution in [1.29, 1.82) is 0 Å². The number of carboxylic acids is 1. The zero-order valence-electron chi connectivity index (χ0n) is 9.83. The third-order valence-corrected chi connectivity index (χ3v) is 2.80. The quantitative estimate of drug-likeness (QED) is 0.882. The first-order valence-electron chi connectivity index (χ1n) is 5.25. The summed E-state index contributed by atoms with van der Waals surface area (Å²) in [5, 5.41) is 15.4. The smallest absolute Gasteiger partial charge is 0.331 e. The van der Waals surface area contributed by atoms with Crippen molar-refractivity contribution >= 4 is 27.8 Å². The summed E-state index contributed by atoms with van der Waals surface area (Å²) in [5.74, 6) is -1.75. The van der Waals surface area contributed by atoms with E-state index < -0.39 is 17.9 Å². The molecule has 8 heteroatoms. The minimum atomic E-state index is -1.18. The number of carbonyl (C=O) groups excluding carboxylic acids is 1. The number of nitrogens with zero attached hydrogens (tertiary/aromatic N) is 2. The van der Waals surface area contributed by atoms with Gasteiger partial charge in [0.05, 0.1) is 6.20 Å². The van der Waals surface area contributed by atoms with Crippen LogP contribution in [0.3, 0.4) is 0 Å². The lowest BCUT2D eigenvalue weighted by Gasteiger charge is -2.11. The second kappa shape index (κ2) is 5.27. The zero-order valence-corrected chi connectivity index (χ0v) is 11.4.